The zero-order valence-electron chi connectivity index (χ0n) is 16.2. The smallest absolute Gasteiger partial charge is 0.119 e. The van der Waals surface area contributed by atoms with E-state index in [1.54, 1.807) is 0 Å². The fourth-order valence-corrected chi connectivity index (χ4v) is 3.47. The van der Waals surface area contributed by atoms with Gasteiger partial charge in [0.15, 0.2) is 0 Å². The minimum Gasteiger partial charge on any atom is -0.489 e. The molecule has 0 aliphatic carbocycles. The zero-order chi connectivity index (χ0) is 19.2. The van der Waals surface area contributed by atoms with Gasteiger partial charge in [0.25, 0.3) is 0 Å². The molecule has 2 N–H and O–H groups in total. The van der Waals surface area contributed by atoms with Crippen molar-refractivity contribution in [2.75, 3.05) is 6.54 Å². The molecule has 0 aliphatic rings. The average molecular weight is 370 g/mol. The van der Waals surface area contributed by atoms with Crippen LogP contribution < -0.4 is 10.1 Å². The molecule has 1 heterocycles. The Bertz CT molecular complexity index is 1030. The summed E-state index contributed by atoms with van der Waals surface area (Å²) in [6.45, 7) is 4.52. The second-order valence-corrected chi connectivity index (χ2v) is 7.21. The van der Waals surface area contributed by atoms with E-state index in [2.05, 4.69) is 84.1 Å². The molecule has 0 spiro atoms. The van der Waals surface area contributed by atoms with Crippen molar-refractivity contribution in [3.8, 4) is 5.75 Å². The van der Waals surface area contributed by atoms with Gasteiger partial charge in [0.1, 0.15) is 12.4 Å². The van der Waals surface area contributed by atoms with Crippen molar-refractivity contribution in [2.24, 2.45) is 0 Å². The molecule has 0 saturated heterocycles. The summed E-state index contributed by atoms with van der Waals surface area (Å²) in [6, 6.07) is 25.2. The number of aromatic amines is 1. The largest absolute Gasteiger partial charge is 0.489 e. The van der Waals surface area contributed by atoms with Crippen LogP contribution >= 0.6 is 0 Å². The van der Waals surface area contributed by atoms with Gasteiger partial charge in [0, 0.05) is 23.6 Å². The van der Waals surface area contributed by atoms with Crippen molar-refractivity contribution < 1.29 is 4.74 Å². The Labute approximate surface area is 166 Å². The van der Waals surface area contributed by atoms with Crippen molar-refractivity contribution in [2.45, 2.75) is 26.5 Å². The summed E-state index contributed by atoms with van der Waals surface area (Å²) in [4.78, 5) is 3.34. The van der Waals surface area contributed by atoms with Crippen molar-refractivity contribution in [3.05, 3.63) is 101 Å². The summed E-state index contributed by atoms with van der Waals surface area (Å²) < 4.78 is 5.89. The molecular formula is C25H26N2O. The van der Waals surface area contributed by atoms with Crippen LogP contribution in [0.4, 0.5) is 0 Å². The van der Waals surface area contributed by atoms with Gasteiger partial charge < -0.3 is 15.0 Å². The summed E-state index contributed by atoms with van der Waals surface area (Å²) in [6.07, 6.45) is 3.13. The topological polar surface area (TPSA) is 37.0 Å². The van der Waals surface area contributed by atoms with Gasteiger partial charge in [0.05, 0.1) is 0 Å². The van der Waals surface area contributed by atoms with Crippen LogP contribution in [0.5, 0.6) is 5.75 Å². The number of para-hydroxylation sites is 1. The van der Waals surface area contributed by atoms with Gasteiger partial charge >= 0.3 is 0 Å². The molecule has 4 rings (SSSR count). The highest BCUT2D eigenvalue weighted by atomic mass is 16.5. The second-order valence-electron chi connectivity index (χ2n) is 7.21. The molecular weight excluding hydrogens is 344 g/mol. The molecule has 0 fully saturated rings. The normalized spacial score (nSPS) is 11.0. The molecule has 3 heteroatoms. The first-order valence-corrected chi connectivity index (χ1v) is 9.81. The van der Waals surface area contributed by atoms with Gasteiger partial charge in [-0.25, -0.2) is 0 Å². The Kier molecular flexibility index (Phi) is 5.74. The third kappa shape index (κ3) is 4.62. The fraction of sp³-hybridized carbons (Fsp3) is 0.200. The van der Waals surface area contributed by atoms with E-state index in [9.17, 15) is 0 Å². The third-order valence-electron chi connectivity index (χ3n) is 4.99. The Hall–Kier alpha value is -3.04. The molecule has 1 aromatic heterocycles. The number of H-pyrrole nitrogens is 1. The van der Waals surface area contributed by atoms with Gasteiger partial charge in [-0.15, -0.1) is 0 Å². The van der Waals surface area contributed by atoms with Gasteiger partial charge in [0.2, 0.25) is 0 Å². The van der Waals surface area contributed by atoms with E-state index in [-0.39, 0.29) is 0 Å². The van der Waals surface area contributed by atoms with Crippen LogP contribution in [0.15, 0.2) is 79.0 Å². The SMILES string of the molecule is Cc1cccc(COc2ccc(CNCCc3c[nH]c4ccccc34)cc2)c1. The number of hydrogen-bond donors (Lipinski definition) is 2. The zero-order valence-corrected chi connectivity index (χ0v) is 16.2. The lowest BCUT2D eigenvalue weighted by Crippen LogP contribution is -2.16. The number of hydrogen-bond acceptors (Lipinski definition) is 2. The molecule has 0 atom stereocenters. The Morgan fingerprint density at radius 2 is 1.75 bits per heavy atom. The summed E-state index contributed by atoms with van der Waals surface area (Å²) >= 11 is 0. The lowest BCUT2D eigenvalue weighted by Gasteiger charge is -2.09. The van der Waals surface area contributed by atoms with Crippen LogP contribution in [0.1, 0.15) is 22.3 Å². The number of aryl methyl sites for hydroxylation is 1. The lowest BCUT2D eigenvalue weighted by molar-refractivity contribution is 0.306. The van der Waals surface area contributed by atoms with E-state index < -0.39 is 0 Å². The fourth-order valence-electron chi connectivity index (χ4n) is 3.47. The predicted molar refractivity (Wildman–Crippen MR) is 116 cm³/mol. The van der Waals surface area contributed by atoms with Gasteiger partial charge in [-0.05, 0) is 54.8 Å². The number of fused-ring (bicyclic) bond motifs is 1. The van der Waals surface area contributed by atoms with Crippen LogP contribution in [-0.4, -0.2) is 11.5 Å². The Morgan fingerprint density at radius 3 is 2.61 bits per heavy atom. The maximum Gasteiger partial charge on any atom is 0.119 e. The summed E-state index contributed by atoms with van der Waals surface area (Å²) in [5.41, 5.74) is 6.29. The van der Waals surface area contributed by atoms with Crippen LogP contribution in [0, 0.1) is 6.92 Å². The van der Waals surface area contributed by atoms with Crippen molar-refractivity contribution in [3.63, 3.8) is 0 Å². The van der Waals surface area contributed by atoms with E-state index in [0.29, 0.717) is 6.61 Å². The van der Waals surface area contributed by atoms with Gasteiger partial charge in [-0.1, -0.05) is 60.2 Å². The molecule has 0 bridgehead atoms. The molecule has 0 saturated carbocycles. The number of nitrogens with one attached hydrogen (secondary N) is 2. The van der Waals surface area contributed by atoms with Crippen LogP contribution in [0.2, 0.25) is 0 Å². The molecule has 0 aliphatic heterocycles. The Balaban J connectivity index is 1.23. The predicted octanol–water partition coefficient (Wildman–Crippen LogP) is 5.39. The van der Waals surface area contributed by atoms with E-state index in [1.165, 1.54) is 33.2 Å². The summed E-state index contributed by atoms with van der Waals surface area (Å²) in [5.74, 6) is 0.907. The quantitative estimate of drug-likeness (QED) is 0.408. The summed E-state index contributed by atoms with van der Waals surface area (Å²) in [7, 11) is 0. The van der Waals surface area contributed by atoms with Gasteiger partial charge in [-0.2, -0.15) is 0 Å². The first-order chi connectivity index (χ1) is 13.8. The highest BCUT2D eigenvalue weighted by Crippen LogP contribution is 2.18. The van der Waals surface area contributed by atoms with Gasteiger partial charge in [-0.3, -0.25) is 0 Å². The van der Waals surface area contributed by atoms with Crippen molar-refractivity contribution in [1.29, 1.82) is 0 Å². The van der Waals surface area contributed by atoms with E-state index >= 15 is 0 Å². The van der Waals surface area contributed by atoms with E-state index in [4.69, 9.17) is 4.74 Å². The minimum absolute atomic E-state index is 0.601. The number of benzene rings is 3. The lowest BCUT2D eigenvalue weighted by atomic mass is 10.1. The molecule has 0 amide bonds. The monoisotopic (exact) mass is 370 g/mol. The molecule has 28 heavy (non-hydrogen) atoms. The maximum atomic E-state index is 5.89. The summed E-state index contributed by atoms with van der Waals surface area (Å²) in [5, 5.41) is 4.85. The van der Waals surface area contributed by atoms with Crippen molar-refractivity contribution in [1.82, 2.24) is 10.3 Å². The van der Waals surface area contributed by atoms with Crippen LogP contribution in [-0.2, 0) is 19.6 Å². The molecule has 0 unspecified atom stereocenters. The second kappa shape index (κ2) is 8.77. The highest BCUT2D eigenvalue weighted by molar-refractivity contribution is 5.83. The molecule has 4 aromatic rings. The highest BCUT2D eigenvalue weighted by Gasteiger charge is 2.02. The van der Waals surface area contributed by atoms with Crippen molar-refractivity contribution >= 4 is 10.9 Å². The molecule has 3 aromatic carbocycles. The molecule has 3 nitrogen and oxygen atoms in total. The average Bonchev–Trinajstić information content (AvgIpc) is 3.14. The number of rotatable bonds is 8. The van der Waals surface area contributed by atoms with E-state index in [0.717, 1.165) is 25.3 Å². The molecule has 142 valence electrons. The number of ether oxygens (including phenoxy) is 1. The number of aromatic nitrogens is 1. The minimum atomic E-state index is 0.601. The standard InChI is InChI=1S/C25H26N2O/c1-19-5-4-6-21(15-19)18-28-23-11-9-20(10-12-23)16-26-14-13-22-17-27-25-8-3-2-7-24(22)25/h2-12,15,17,26-27H,13-14,16,18H2,1H3. The molecule has 0 radical (unpaired) electrons. The third-order valence-corrected chi connectivity index (χ3v) is 4.99. The first-order valence-electron chi connectivity index (χ1n) is 9.81. The van der Waals surface area contributed by atoms with Crippen LogP contribution in [0.3, 0.4) is 0 Å². The van der Waals surface area contributed by atoms with Crippen LogP contribution in [0.25, 0.3) is 10.9 Å². The maximum absolute atomic E-state index is 5.89. The first kappa shape index (κ1) is 18.3. The van der Waals surface area contributed by atoms with E-state index in [1.807, 2.05) is 12.1 Å². The Morgan fingerprint density at radius 1 is 0.893 bits per heavy atom.